The Morgan fingerprint density at radius 3 is 0.571 bits per heavy atom. The number of hydrogen-bond acceptors (Lipinski definition) is 3. The van der Waals surface area contributed by atoms with Crippen LogP contribution < -0.4 is 0 Å². The summed E-state index contributed by atoms with van der Waals surface area (Å²) >= 11 is 0. The summed E-state index contributed by atoms with van der Waals surface area (Å²) in [5.74, 6) is 0. The van der Waals surface area contributed by atoms with Crippen molar-refractivity contribution in [2.45, 2.75) is 0 Å². The molecular formula is C3HKO3. The first kappa shape index (κ1) is 25.4. The Morgan fingerprint density at radius 2 is 0.571 bits per heavy atom. The van der Waals surface area contributed by atoms with Crippen LogP contribution in [-0.2, 0) is 14.4 Å². The van der Waals surface area contributed by atoms with Crippen LogP contribution in [0.25, 0.3) is 0 Å². The zero-order chi connectivity index (χ0) is 6.00. The van der Waals surface area contributed by atoms with Crippen molar-refractivity contribution in [3.05, 3.63) is 0 Å². The van der Waals surface area contributed by atoms with Crippen LogP contribution in [-0.4, -0.2) is 71.8 Å². The van der Waals surface area contributed by atoms with Gasteiger partial charge in [-0.3, -0.25) is 14.4 Å². The molecule has 0 aliphatic carbocycles. The summed E-state index contributed by atoms with van der Waals surface area (Å²) < 4.78 is 0. The molecule has 0 saturated carbocycles. The Morgan fingerprint density at radius 1 is 0.571 bits per heavy atom. The van der Waals surface area contributed by atoms with Gasteiger partial charge in [0.25, 0.3) is 20.4 Å². The van der Waals surface area contributed by atoms with Gasteiger partial charge in [0.1, 0.15) is 0 Å². The quantitative estimate of drug-likeness (QED) is 0.356. The van der Waals surface area contributed by atoms with Gasteiger partial charge < -0.3 is 0 Å². The normalized spacial score (nSPS) is 1.71. The topological polar surface area (TPSA) is 51.2 Å². The second-order valence-corrected chi connectivity index (χ2v) is 0. The summed E-state index contributed by atoms with van der Waals surface area (Å²) in [5, 5.41) is 0. The first-order valence-corrected chi connectivity index (χ1v) is 0.612. The van der Waals surface area contributed by atoms with E-state index >= 15 is 0 Å². The molecule has 7 heavy (non-hydrogen) atoms. The standard InChI is InChI=1S/3CO.K.H/c3*1-2;;. The zero-order valence-corrected chi connectivity index (χ0v) is 2.72. The summed E-state index contributed by atoms with van der Waals surface area (Å²) in [6.07, 6.45) is 0. The molecule has 0 N–H and O–H groups in total. The van der Waals surface area contributed by atoms with Gasteiger partial charge in [-0.1, -0.05) is 0 Å². The van der Waals surface area contributed by atoms with E-state index in [2.05, 4.69) is 20.4 Å². The van der Waals surface area contributed by atoms with Crippen LogP contribution in [0.3, 0.4) is 0 Å². The molecule has 0 amide bonds. The van der Waals surface area contributed by atoms with Crippen LogP contribution >= 0.6 is 0 Å². The molecule has 4 heteroatoms. The third kappa shape index (κ3) is 343. The third-order valence-corrected chi connectivity index (χ3v) is 0. The van der Waals surface area contributed by atoms with Gasteiger partial charge in [0.05, 0.1) is 0 Å². The van der Waals surface area contributed by atoms with Gasteiger partial charge in [0.2, 0.25) is 0 Å². The minimum absolute atomic E-state index is 0. The second kappa shape index (κ2) is 507. The van der Waals surface area contributed by atoms with Gasteiger partial charge in [0.15, 0.2) is 0 Å². The number of rotatable bonds is 0. The summed E-state index contributed by atoms with van der Waals surface area (Å²) in [5.41, 5.74) is 0. The van der Waals surface area contributed by atoms with Crippen molar-refractivity contribution in [3.63, 3.8) is 0 Å². The van der Waals surface area contributed by atoms with Gasteiger partial charge >= 0.3 is 51.4 Å². The molecule has 0 aromatic rings. The Bertz CT molecular complexity index is 14.9. The monoisotopic (exact) mass is 124 g/mol. The SMILES string of the molecule is [C]=O.[C]=O.[C]=O.[KH]. The number of carbonyl (C=O) groups excluding carboxylic acids is 3. The average molecular weight is 124 g/mol. The van der Waals surface area contributed by atoms with E-state index in [1.165, 1.54) is 0 Å². The molecule has 0 aromatic carbocycles. The van der Waals surface area contributed by atoms with Crippen LogP contribution in [0, 0.1) is 0 Å². The van der Waals surface area contributed by atoms with Gasteiger partial charge in [0, 0.05) is 0 Å². The van der Waals surface area contributed by atoms with E-state index in [0.717, 1.165) is 0 Å². The van der Waals surface area contributed by atoms with Crippen molar-refractivity contribution in [3.8, 4) is 0 Å². The first-order chi connectivity index (χ1) is 3.00. The third-order valence-electron chi connectivity index (χ3n) is 0. The van der Waals surface area contributed by atoms with Gasteiger partial charge in [-0.05, 0) is 0 Å². The van der Waals surface area contributed by atoms with E-state index in [4.69, 9.17) is 14.4 Å². The molecule has 0 bridgehead atoms. The van der Waals surface area contributed by atoms with Gasteiger partial charge in [-0.2, -0.15) is 0 Å². The molecule has 0 fully saturated rings. The van der Waals surface area contributed by atoms with E-state index in [1.807, 2.05) is 0 Å². The van der Waals surface area contributed by atoms with Crippen molar-refractivity contribution in [1.82, 2.24) is 0 Å². The molecule has 0 heterocycles. The van der Waals surface area contributed by atoms with Crippen LogP contribution in [0.5, 0.6) is 0 Å². The number of hydrogen-bond donors (Lipinski definition) is 0. The minimum atomic E-state index is 0. The molecular weight excluding hydrogens is 123 g/mol. The molecule has 3 nitrogen and oxygen atoms in total. The molecule has 0 spiro atoms. The summed E-state index contributed by atoms with van der Waals surface area (Å²) in [6, 6.07) is 0. The van der Waals surface area contributed by atoms with Crippen molar-refractivity contribution in [2.24, 2.45) is 0 Å². The Labute approximate surface area is 84.9 Å². The molecule has 0 atom stereocenters. The van der Waals surface area contributed by atoms with E-state index in [1.54, 1.807) is 0 Å². The zero-order valence-electron chi connectivity index (χ0n) is 2.72. The Kier molecular flexibility index (Phi) is 1840. The van der Waals surface area contributed by atoms with Crippen LogP contribution in [0.1, 0.15) is 0 Å². The fourth-order valence-corrected chi connectivity index (χ4v) is 0. The van der Waals surface area contributed by atoms with Crippen LogP contribution in [0.4, 0.5) is 0 Å². The molecule has 0 aliphatic heterocycles. The second-order valence-electron chi connectivity index (χ2n) is 0. The summed E-state index contributed by atoms with van der Waals surface area (Å²) in [7, 11) is 0. The predicted octanol–water partition coefficient (Wildman–Crippen LogP) is -1.84. The first-order valence-electron chi connectivity index (χ1n) is 0.612. The Balaban J connectivity index is -0.00000000900. The molecule has 0 aromatic heterocycles. The fraction of sp³-hybridized carbons (Fsp3) is 0. The summed E-state index contributed by atoms with van der Waals surface area (Å²) in [4.78, 5) is 22.5. The van der Waals surface area contributed by atoms with Crippen molar-refractivity contribution < 1.29 is 14.4 Å². The van der Waals surface area contributed by atoms with Gasteiger partial charge in [-0.25, -0.2) is 0 Å². The maximum absolute atomic E-state index is 7.50. The molecule has 0 rings (SSSR count). The van der Waals surface area contributed by atoms with Crippen LogP contribution in [0.2, 0.25) is 0 Å². The molecule has 32 valence electrons. The van der Waals surface area contributed by atoms with Crippen molar-refractivity contribution in [1.29, 1.82) is 0 Å². The van der Waals surface area contributed by atoms with E-state index in [9.17, 15) is 0 Å². The van der Waals surface area contributed by atoms with E-state index < -0.39 is 0 Å². The predicted molar refractivity (Wildman–Crippen MR) is 24.2 cm³/mol. The van der Waals surface area contributed by atoms with Crippen molar-refractivity contribution >= 4 is 71.8 Å². The summed E-state index contributed by atoms with van der Waals surface area (Å²) in [6.45, 7) is 13.5. The molecule has 0 saturated heterocycles. The van der Waals surface area contributed by atoms with Crippen LogP contribution in [0.15, 0.2) is 0 Å². The molecule has 6 radical (unpaired) electrons. The molecule has 0 aliphatic rings. The molecule has 0 unspecified atom stereocenters. The average Bonchev–Trinajstić information content (AvgIpc) is 1.81. The Hall–Kier alpha value is 0.646. The van der Waals surface area contributed by atoms with E-state index in [-0.39, 0.29) is 51.4 Å². The van der Waals surface area contributed by atoms with Gasteiger partial charge in [-0.15, -0.1) is 0 Å². The van der Waals surface area contributed by atoms with E-state index in [0.29, 0.717) is 0 Å². The fourth-order valence-electron chi connectivity index (χ4n) is 0. The maximum atomic E-state index is 7.50. The van der Waals surface area contributed by atoms with Crippen molar-refractivity contribution in [2.75, 3.05) is 0 Å².